The zero-order valence-corrected chi connectivity index (χ0v) is 13.2. The predicted octanol–water partition coefficient (Wildman–Crippen LogP) is 2.37. The number of benzene rings is 1. The van der Waals surface area contributed by atoms with Gasteiger partial charge in [-0.1, -0.05) is 23.2 Å². The fourth-order valence-corrected chi connectivity index (χ4v) is 2.74. The fourth-order valence-electron chi connectivity index (χ4n) is 2.25. The Hall–Kier alpha value is -1.63. The summed E-state index contributed by atoms with van der Waals surface area (Å²) in [5, 5.41) is 11.9. The van der Waals surface area contributed by atoms with Crippen LogP contribution in [-0.2, 0) is 11.3 Å². The molecule has 1 aliphatic heterocycles. The summed E-state index contributed by atoms with van der Waals surface area (Å²) < 4.78 is 5.66. The van der Waals surface area contributed by atoms with Gasteiger partial charge in [0.05, 0.1) is 17.1 Å². The number of nitrogens with one attached hydrogen (secondary N) is 1. The summed E-state index contributed by atoms with van der Waals surface area (Å²) in [6.45, 7) is 2.56. The van der Waals surface area contributed by atoms with E-state index >= 15 is 0 Å². The number of hydrogen-bond acceptors (Lipinski definition) is 5. The Balaban J connectivity index is 1.72. The van der Waals surface area contributed by atoms with Gasteiger partial charge in [0.15, 0.2) is 0 Å². The average molecular weight is 341 g/mol. The molecule has 0 unspecified atom stereocenters. The highest BCUT2D eigenvalue weighted by atomic mass is 35.5. The number of carbonyl (C=O) groups is 1. The third kappa shape index (κ3) is 3.58. The first-order valence-corrected chi connectivity index (χ1v) is 7.64. The van der Waals surface area contributed by atoms with Crippen molar-refractivity contribution in [3.63, 3.8) is 0 Å². The molecule has 1 saturated heterocycles. The molecule has 1 aromatic carbocycles. The molecule has 1 N–H and O–H groups in total. The molecule has 3 rings (SSSR count). The van der Waals surface area contributed by atoms with E-state index in [0.717, 1.165) is 6.54 Å². The van der Waals surface area contributed by atoms with Crippen molar-refractivity contribution in [1.29, 1.82) is 0 Å². The van der Waals surface area contributed by atoms with Crippen LogP contribution in [0.2, 0.25) is 10.0 Å². The number of amides is 1. The van der Waals surface area contributed by atoms with Crippen LogP contribution in [0, 0.1) is 0 Å². The normalized spacial score (nSPS) is 16.4. The summed E-state index contributed by atoms with van der Waals surface area (Å²) in [6, 6.07) is 5.10. The molecule has 0 radical (unpaired) electrons. The highest BCUT2D eigenvalue weighted by molar-refractivity contribution is 6.36. The van der Waals surface area contributed by atoms with Crippen LogP contribution in [0.25, 0.3) is 11.5 Å². The van der Waals surface area contributed by atoms with Gasteiger partial charge >= 0.3 is 0 Å². The highest BCUT2D eigenvalue weighted by Crippen LogP contribution is 2.29. The van der Waals surface area contributed by atoms with Crippen LogP contribution < -0.4 is 5.32 Å². The van der Waals surface area contributed by atoms with Crippen LogP contribution in [0.15, 0.2) is 22.6 Å². The topological polar surface area (TPSA) is 71.3 Å². The Labute approximate surface area is 137 Å². The summed E-state index contributed by atoms with van der Waals surface area (Å²) in [5.41, 5.74) is 0.650. The molecule has 0 saturated carbocycles. The number of nitrogens with zero attached hydrogens (tertiary/aromatic N) is 3. The molecule has 1 aromatic heterocycles. The highest BCUT2D eigenvalue weighted by Gasteiger charge is 2.17. The van der Waals surface area contributed by atoms with Gasteiger partial charge in [-0.05, 0) is 18.2 Å². The van der Waals surface area contributed by atoms with Gasteiger partial charge in [-0.3, -0.25) is 9.69 Å². The average Bonchev–Trinajstić information content (AvgIpc) is 2.83. The van der Waals surface area contributed by atoms with Crippen LogP contribution in [-0.4, -0.2) is 40.6 Å². The molecular formula is C14H14Cl2N4O2. The maximum Gasteiger partial charge on any atom is 0.249 e. The van der Waals surface area contributed by atoms with Gasteiger partial charge in [0.25, 0.3) is 0 Å². The first-order chi connectivity index (χ1) is 10.6. The number of hydrogen-bond donors (Lipinski definition) is 1. The number of carbonyl (C=O) groups excluding carboxylic acids is 1. The zero-order valence-electron chi connectivity index (χ0n) is 11.7. The summed E-state index contributed by atoms with van der Waals surface area (Å²) in [7, 11) is 0. The third-order valence-corrected chi connectivity index (χ3v) is 3.94. The van der Waals surface area contributed by atoms with E-state index in [-0.39, 0.29) is 5.91 Å². The maximum atomic E-state index is 11.3. The van der Waals surface area contributed by atoms with Gasteiger partial charge in [-0.2, -0.15) is 0 Å². The van der Waals surface area contributed by atoms with Gasteiger partial charge in [-0.15, -0.1) is 10.2 Å². The van der Waals surface area contributed by atoms with Crippen LogP contribution in [0.3, 0.4) is 0 Å². The molecule has 0 spiro atoms. The summed E-state index contributed by atoms with van der Waals surface area (Å²) >= 11 is 12.0. The lowest BCUT2D eigenvalue weighted by molar-refractivity contribution is -0.120. The minimum atomic E-state index is 0.0710. The quantitative estimate of drug-likeness (QED) is 0.928. The van der Waals surface area contributed by atoms with E-state index in [2.05, 4.69) is 20.4 Å². The third-order valence-electron chi connectivity index (χ3n) is 3.39. The molecule has 2 aromatic rings. The number of aromatic nitrogens is 2. The van der Waals surface area contributed by atoms with E-state index in [1.807, 2.05) is 0 Å². The Kier molecular flexibility index (Phi) is 4.61. The second-order valence-corrected chi connectivity index (χ2v) is 5.84. The van der Waals surface area contributed by atoms with Crippen molar-refractivity contribution in [3.05, 3.63) is 34.1 Å². The Morgan fingerprint density at radius 2 is 2.14 bits per heavy atom. The van der Waals surface area contributed by atoms with Gasteiger partial charge in [-0.25, -0.2) is 0 Å². The van der Waals surface area contributed by atoms with Crippen molar-refractivity contribution in [2.24, 2.45) is 0 Å². The number of halogens is 2. The molecule has 8 heteroatoms. The van der Waals surface area contributed by atoms with Crippen molar-refractivity contribution in [2.75, 3.05) is 19.6 Å². The molecule has 0 aliphatic carbocycles. The van der Waals surface area contributed by atoms with E-state index in [4.69, 9.17) is 27.6 Å². The Morgan fingerprint density at radius 3 is 2.95 bits per heavy atom. The molecule has 6 nitrogen and oxygen atoms in total. The lowest BCUT2D eigenvalue weighted by Crippen LogP contribution is -2.28. The smallest absolute Gasteiger partial charge is 0.249 e. The van der Waals surface area contributed by atoms with E-state index < -0.39 is 0 Å². The predicted molar refractivity (Wildman–Crippen MR) is 82.7 cm³/mol. The summed E-state index contributed by atoms with van der Waals surface area (Å²) in [5.74, 6) is 0.928. The maximum absolute atomic E-state index is 11.3. The minimum absolute atomic E-state index is 0.0710. The zero-order chi connectivity index (χ0) is 15.5. The van der Waals surface area contributed by atoms with E-state index in [9.17, 15) is 4.79 Å². The molecule has 0 bridgehead atoms. The van der Waals surface area contributed by atoms with Gasteiger partial charge < -0.3 is 9.73 Å². The van der Waals surface area contributed by atoms with Crippen LogP contribution in [0.4, 0.5) is 0 Å². The Bertz CT molecular complexity index is 689. The molecule has 22 heavy (non-hydrogen) atoms. The molecule has 2 heterocycles. The largest absolute Gasteiger partial charge is 0.419 e. The van der Waals surface area contributed by atoms with Crippen molar-refractivity contribution in [1.82, 2.24) is 20.4 Å². The monoisotopic (exact) mass is 340 g/mol. The van der Waals surface area contributed by atoms with Crippen molar-refractivity contribution < 1.29 is 9.21 Å². The lowest BCUT2D eigenvalue weighted by atomic mass is 10.2. The lowest BCUT2D eigenvalue weighted by Gasteiger charge is -2.15. The molecule has 0 atom stereocenters. The number of rotatable bonds is 3. The standard InChI is InChI=1S/C14H14Cl2N4O2/c15-9-1-2-10(11(16)7-9)14-19-18-13(22-14)8-20-5-3-12(21)17-4-6-20/h1-2,7H,3-6,8H2,(H,17,21). The van der Waals surface area contributed by atoms with Crippen molar-refractivity contribution in [2.45, 2.75) is 13.0 Å². The van der Waals surface area contributed by atoms with Gasteiger partial charge in [0.1, 0.15) is 0 Å². The second-order valence-electron chi connectivity index (χ2n) is 5.00. The van der Waals surface area contributed by atoms with Gasteiger partial charge in [0.2, 0.25) is 17.7 Å². The molecule has 1 fully saturated rings. The van der Waals surface area contributed by atoms with E-state index in [1.54, 1.807) is 18.2 Å². The van der Waals surface area contributed by atoms with E-state index in [1.165, 1.54) is 0 Å². The fraction of sp³-hybridized carbons (Fsp3) is 0.357. The van der Waals surface area contributed by atoms with Crippen molar-refractivity contribution in [3.8, 4) is 11.5 Å². The summed E-state index contributed by atoms with van der Waals surface area (Å²) in [6.07, 6.45) is 0.476. The minimum Gasteiger partial charge on any atom is -0.419 e. The van der Waals surface area contributed by atoms with Crippen molar-refractivity contribution >= 4 is 29.1 Å². The molecular weight excluding hydrogens is 327 g/mol. The SMILES string of the molecule is O=C1CCN(Cc2nnc(-c3ccc(Cl)cc3Cl)o2)CCN1. The first-order valence-electron chi connectivity index (χ1n) is 6.88. The molecule has 1 aliphatic rings. The van der Waals surface area contributed by atoms with Crippen LogP contribution in [0.1, 0.15) is 12.3 Å². The molecule has 116 valence electrons. The summed E-state index contributed by atoms with van der Waals surface area (Å²) in [4.78, 5) is 13.4. The van der Waals surface area contributed by atoms with Crippen LogP contribution >= 0.6 is 23.2 Å². The van der Waals surface area contributed by atoms with E-state index in [0.29, 0.717) is 53.4 Å². The molecule has 1 amide bonds. The van der Waals surface area contributed by atoms with Crippen LogP contribution in [0.5, 0.6) is 0 Å². The first kappa shape index (κ1) is 15.3. The second kappa shape index (κ2) is 6.64. The van der Waals surface area contributed by atoms with Gasteiger partial charge in [0, 0.05) is 31.1 Å². The Morgan fingerprint density at radius 1 is 1.27 bits per heavy atom.